The Morgan fingerprint density at radius 3 is 2.50 bits per heavy atom. The molecule has 0 saturated heterocycles. The van der Waals surface area contributed by atoms with Gasteiger partial charge in [-0.15, -0.1) is 0 Å². The summed E-state index contributed by atoms with van der Waals surface area (Å²) in [5.41, 5.74) is 0.186. The number of benzene rings is 1. The Bertz CT molecular complexity index is 569. The molecule has 0 spiro atoms. The quantitative estimate of drug-likeness (QED) is 0.638. The number of nitrogens with one attached hydrogen (secondary N) is 1. The largest absolute Gasteiger partial charge is 0.481 e. The smallest absolute Gasteiger partial charge is 0.303 e. The molecule has 0 atom stereocenters. The standard InChI is InChI=1S/C15H23NO5S/c1-15(2,9-8-14(17)18)16-22(19,20)11-10-21-12-13-6-4-3-5-7-13/h3-7,16H,8-12H2,1-2H3,(H,17,18). The van der Waals surface area contributed by atoms with Gasteiger partial charge < -0.3 is 9.84 Å². The molecule has 0 fully saturated rings. The molecule has 0 radical (unpaired) electrons. The van der Waals surface area contributed by atoms with E-state index in [1.165, 1.54) is 0 Å². The first kappa shape index (κ1) is 18.6. The Balaban J connectivity index is 2.35. The van der Waals surface area contributed by atoms with Gasteiger partial charge in [0.1, 0.15) is 0 Å². The van der Waals surface area contributed by atoms with Crippen molar-refractivity contribution in [1.82, 2.24) is 4.72 Å². The Kier molecular flexibility index (Phi) is 6.99. The van der Waals surface area contributed by atoms with Crippen LogP contribution < -0.4 is 4.72 Å². The molecule has 0 bridgehead atoms. The summed E-state index contributed by atoms with van der Waals surface area (Å²) in [6.07, 6.45) is 0.145. The van der Waals surface area contributed by atoms with E-state index in [-0.39, 0.29) is 25.2 Å². The van der Waals surface area contributed by atoms with Gasteiger partial charge in [-0.2, -0.15) is 0 Å². The van der Waals surface area contributed by atoms with E-state index >= 15 is 0 Å². The minimum atomic E-state index is -3.51. The maximum atomic E-state index is 12.0. The van der Waals surface area contributed by atoms with Gasteiger partial charge in [-0.05, 0) is 25.8 Å². The van der Waals surface area contributed by atoms with Crippen LogP contribution in [-0.2, 0) is 26.2 Å². The zero-order valence-electron chi connectivity index (χ0n) is 12.9. The van der Waals surface area contributed by atoms with Gasteiger partial charge in [0.2, 0.25) is 10.0 Å². The average molecular weight is 329 g/mol. The Hall–Kier alpha value is -1.44. The Morgan fingerprint density at radius 1 is 1.27 bits per heavy atom. The number of carbonyl (C=O) groups is 1. The molecule has 2 N–H and O–H groups in total. The van der Waals surface area contributed by atoms with Crippen molar-refractivity contribution in [1.29, 1.82) is 0 Å². The number of sulfonamides is 1. The van der Waals surface area contributed by atoms with E-state index in [0.29, 0.717) is 6.61 Å². The minimum Gasteiger partial charge on any atom is -0.481 e. The fourth-order valence-corrected chi connectivity index (χ4v) is 3.26. The number of hydrogen-bond acceptors (Lipinski definition) is 4. The highest BCUT2D eigenvalue weighted by Crippen LogP contribution is 2.13. The third-order valence-corrected chi connectivity index (χ3v) is 4.57. The van der Waals surface area contributed by atoms with E-state index in [4.69, 9.17) is 9.84 Å². The number of carboxylic acids is 1. The van der Waals surface area contributed by atoms with E-state index in [2.05, 4.69) is 4.72 Å². The molecule has 0 aliphatic heterocycles. The Morgan fingerprint density at radius 2 is 1.91 bits per heavy atom. The van der Waals surface area contributed by atoms with Crippen molar-refractivity contribution in [3.63, 3.8) is 0 Å². The lowest BCUT2D eigenvalue weighted by Gasteiger charge is -2.25. The maximum Gasteiger partial charge on any atom is 0.303 e. The fourth-order valence-electron chi connectivity index (χ4n) is 1.88. The molecule has 0 unspecified atom stereocenters. The van der Waals surface area contributed by atoms with Crippen molar-refractivity contribution in [2.75, 3.05) is 12.4 Å². The number of rotatable bonds is 10. The van der Waals surface area contributed by atoms with Gasteiger partial charge in [0, 0.05) is 12.0 Å². The first-order chi connectivity index (χ1) is 10.2. The van der Waals surface area contributed by atoms with Crippen molar-refractivity contribution in [3.05, 3.63) is 35.9 Å². The second-order valence-electron chi connectivity index (χ2n) is 5.74. The molecule has 0 aliphatic carbocycles. The first-order valence-corrected chi connectivity index (χ1v) is 8.70. The summed E-state index contributed by atoms with van der Waals surface area (Å²) >= 11 is 0. The molecular formula is C15H23NO5S. The zero-order valence-corrected chi connectivity index (χ0v) is 13.7. The third kappa shape index (κ3) is 8.11. The normalized spacial score (nSPS) is 12.3. The van der Waals surface area contributed by atoms with E-state index in [9.17, 15) is 13.2 Å². The second-order valence-corrected chi connectivity index (χ2v) is 7.58. The van der Waals surface area contributed by atoms with Crippen LogP contribution >= 0.6 is 0 Å². The SMILES string of the molecule is CC(C)(CCC(=O)O)NS(=O)(=O)CCOCc1ccccc1. The van der Waals surface area contributed by atoms with E-state index in [1.807, 2.05) is 30.3 Å². The van der Waals surface area contributed by atoms with Crippen LogP contribution in [0.25, 0.3) is 0 Å². The lowest BCUT2D eigenvalue weighted by Crippen LogP contribution is -2.45. The number of ether oxygens (including phenoxy) is 1. The van der Waals surface area contributed by atoms with Crippen LogP contribution in [0.3, 0.4) is 0 Å². The van der Waals surface area contributed by atoms with Crippen molar-refractivity contribution in [3.8, 4) is 0 Å². The average Bonchev–Trinajstić information content (AvgIpc) is 2.42. The van der Waals surface area contributed by atoms with Gasteiger partial charge in [0.15, 0.2) is 0 Å². The van der Waals surface area contributed by atoms with Crippen molar-refractivity contribution >= 4 is 16.0 Å². The van der Waals surface area contributed by atoms with Crippen molar-refractivity contribution in [2.24, 2.45) is 0 Å². The lowest BCUT2D eigenvalue weighted by molar-refractivity contribution is -0.137. The molecule has 22 heavy (non-hydrogen) atoms. The second kappa shape index (κ2) is 8.26. The molecular weight excluding hydrogens is 306 g/mol. The molecule has 1 rings (SSSR count). The highest BCUT2D eigenvalue weighted by atomic mass is 32.2. The molecule has 1 aromatic carbocycles. The number of carboxylic acid groups (broad SMARTS) is 1. The molecule has 0 heterocycles. The van der Waals surface area contributed by atoms with Gasteiger partial charge in [-0.3, -0.25) is 4.79 Å². The van der Waals surface area contributed by atoms with Crippen molar-refractivity contribution < 1.29 is 23.1 Å². The molecule has 6 nitrogen and oxygen atoms in total. The fraction of sp³-hybridized carbons (Fsp3) is 0.533. The van der Waals surface area contributed by atoms with Crippen LogP contribution in [0.4, 0.5) is 0 Å². The predicted molar refractivity (Wildman–Crippen MR) is 84.0 cm³/mol. The third-order valence-electron chi connectivity index (χ3n) is 3.00. The first-order valence-electron chi connectivity index (χ1n) is 7.05. The van der Waals surface area contributed by atoms with Crippen LogP contribution in [0.2, 0.25) is 0 Å². The zero-order chi connectivity index (χ0) is 16.6. The van der Waals surface area contributed by atoms with E-state index in [1.54, 1.807) is 13.8 Å². The maximum absolute atomic E-state index is 12.0. The molecule has 7 heteroatoms. The summed E-state index contributed by atoms with van der Waals surface area (Å²) < 4.78 is 31.8. The number of aliphatic carboxylic acids is 1. The summed E-state index contributed by atoms with van der Waals surface area (Å²) in [4.78, 5) is 10.6. The summed E-state index contributed by atoms with van der Waals surface area (Å²) in [6, 6.07) is 9.49. The van der Waals surface area contributed by atoms with Crippen LogP contribution in [0, 0.1) is 0 Å². The molecule has 0 amide bonds. The highest BCUT2D eigenvalue weighted by Gasteiger charge is 2.25. The number of hydrogen-bond donors (Lipinski definition) is 2. The summed E-state index contributed by atoms with van der Waals surface area (Å²) in [6.45, 7) is 3.77. The van der Waals surface area contributed by atoms with Gasteiger partial charge >= 0.3 is 5.97 Å². The molecule has 0 saturated carbocycles. The summed E-state index contributed by atoms with van der Waals surface area (Å²) in [5, 5.41) is 8.66. The van der Waals surface area contributed by atoms with Crippen LogP contribution in [0.1, 0.15) is 32.3 Å². The molecule has 124 valence electrons. The van der Waals surface area contributed by atoms with Crippen LogP contribution in [-0.4, -0.2) is 37.4 Å². The monoisotopic (exact) mass is 329 g/mol. The lowest BCUT2D eigenvalue weighted by atomic mass is 10.0. The Labute approximate surface area is 131 Å². The van der Waals surface area contributed by atoms with Gasteiger partial charge in [0.05, 0.1) is 19.0 Å². The molecule has 0 aromatic heterocycles. The topological polar surface area (TPSA) is 92.7 Å². The minimum absolute atomic E-state index is 0.0826. The predicted octanol–water partition coefficient (Wildman–Crippen LogP) is 1.77. The molecule has 0 aliphatic rings. The van der Waals surface area contributed by atoms with Gasteiger partial charge in [-0.25, -0.2) is 13.1 Å². The summed E-state index contributed by atoms with van der Waals surface area (Å²) in [5.74, 6) is -1.10. The van der Waals surface area contributed by atoms with E-state index in [0.717, 1.165) is 5.56 Å². The van der Waals surface area contributed by atoms with Crippen LogP contribution in [0.15, 0.2) is 30.3 Å². The molecule has 1 aromatic rings. The highest BCUT2D eigenvalue weighted by molar-refractivity contribution is 7.89. The van der Waals surface area contributed by atoms with Gasteiger partial charge in [-0.1, -0.05) is 30.3 Å². The van der Waals surface area contributed by atoms with Crippen LogP contribution in [0.5, 0.6) is 0 Å². The van der Waals surface area contributed by atoms with Gasteiger partial charge in [0.25, 0.3) is 0 Å². The van der Waals surface area contributed by atoms with Crippen molar-refractivity contribution in [2.45, 2.75) is 38.8 Å². The summed E-state index contributed by atoms with van der Waals surface area (Å²) in [7, 11) is -3.51. The van der Waals surface area contributed by atoms with E-state index < -0.39 is 21.5 Å².